The van der Waals surface area contributed by atoms with Crippen LogP contribution in [0, 0.1) is 0 Å². The first kappa shape index (κ1) is 19.4. The molecule has 0 aromatic heterocycles. The van der Waals surface area contributed by atoms with Gasteiger partial charge in [0.2, 0.25) is 15.9 Å². The van der Waals surface area contributed by atoms with Gasteiger partial charge >= 0.3 is 0 Å². The number of amides is 1. The van der Waals surface area contributed by atoms with Gasteiger partial charge in [0.1, 0.15) is 17.5 Å². The van der Waals surface area contributed by atoms with Gasteiger partial charge in [0.25, 0.3) is 0 Å². The number of carbonyl (C=O) groups excluding carboxylic acids is 1. The van der Waals surface area contributed by atoms with Gasteiger partial charge in [-0.3, -0.25) is 9.10 Å². The number of benzene rings is 1. The SMILES string of the molecule is COc1ccc(OC)c(N([C@@H](C)C(=O)N2CCCCC2)S(C)(=O)=O)c1. The number of anilines is 1. The molecule has 140 valence electrons. The van der Waals surface area contributed by atoms with E-state index in [9.17, 15) is 13.2 Å². The highest BCUT2D eigenvalue weighted by Gasteiger charge is 2.34. The van der Waals surface area contributed by atoms with Crippen LogP contribution >= 0.6 is 0 Å². The molecule has 25 heavy (non-hydrogen) atoms. The normalized spacial score (nSPS) is 16.2. The molecule has 0 aliphatic carbocycles. The summed E-state index contributed by atoms with van der Waals surface area (Å²) in [6, 6.07) is 4.01. The van der Waals surface area contributed by atoms with Crippen LogP contribution in [-0.2, 0) is 14.8 Å². The molecule has 1 aromatic carbocycles. The summed E-state index contributed by atoms with van der Waals surface area (Å²) in [6.45, 7) is 2.93. The number of rotatable bonds is 6. The minimum atomic E-state index is -3.71. The van der Waals surface area contributed by atoms with Gasteiger partial charge in [0.15, 0.2) is 0 Å². The third-order valence-corrected chi connectivity index (χ3v) is 5.59. The lowest BCUT2D eigenvalue weighted by Crippen LogP contribution is -2.50. The fourth-order valence-corrected chi connectivity index (χ4v) is 4.29. The largest absolute Gasteiger partial charge is 0.497 e. The first-order valence-electron chi connectivity index (χ1n) is 8.29. The van der Waals surface area contributed by atoms with Crippen molar-refractivity contribution >= 4 is 21.6 Å². The Bertz CT molecular complexity index is 714. The summed E-state index contributed by atoms with van der Waals surface area (Å²) >= 11 is 0. The molecule has 2 rings (SSSR count). The fraction of sp³-hybridized carbons (Fsp3) is 0.588. The van der Waals surface area contributed by atoms with Crippen LogP contribution in [0.4, 0.5) is 5.69 Å². The number of methoxy groups -OCH3 is 2. The van der Waals surface area contributed by atoms with Crippen LogP contribution in [0.2, 0.25) is 0 Å². The van der Waals surface area contributed by atoms with Crippen molar-refractivity contribution in [2.45, 2.75) is 32.2 Å². The van der Waals surface area contributed by atoms with E-state index in [1.165, 1.54) is 14.2 Å². The zero-order chi connectivity index (χ0) is 18.6. The molecule has 0 N–H and O–H groups in total. The van der Waals surface area contributed by atoms with Gasteiger partial charge in [-0.05, 0) is 38.3 Å². The Kier molecular flexibility index (Phi) is 6.16. The van der Waals surface area contributed by atoms with Crippen molar-refractivity contribution < 1.29 is 22.7 Å². The third kappa shape index (κ3) is 4.36. The molecule has 8 heteroatoms. The van der Waals surface area contributed by atoms with Crippen molar-refractivity contribution in [2.24, 2.45) is 0 Å². The van der Waals surface area contributed by atoms with E-state index in [-0.39, 0.29) is 5.91 Å². The summed E-state index contributed by atoms with van der Waals surface area (Å²) in [5, 5.41) is 0. The lowest BCUT2D eigenvalue weighted by molar-refractivity contribution is -0.132. The molecule has 0 radical (unpaired) electrons. The summed E-state index contributed by atoms with van der Waals surface area (Å²) in [5.41, 5.74) is 0.294. The highest BCUT2D eigenvalue weighted by atomic mass is 32.2. The van der Waals surface area contributed by atoms with Crippen LogP contribution in [-0.4, -0.2) is 58.8 Å². The Labute approximate surface area is 149 Å². The minimum absolute atomic E-state index is 0.199. The smallest absolute Gasteiger partial charge is 0.246 e. The lowest BCUT2D eigenvalue weighted by Gasteiger charge is -2.34. The van der Waals surface area contributed by atoms with Crippen molar-refractivity contribution in [3.05, 3.63) is 18.2 Å². The minimum Gasteiger partial charge on any atom is -0.497 e. The lowest BCUT2D eigenvalue weighted by atomic mass is 10.1. The Balaban J connectivity index is 2.44. The van der Waals surface area contributed by atoms with Crippen LogP contribution in [0.1, 0.15) is 26.2 Å². The number of piperidine rings is 1. The second-order valence-electron chi connectivity index (χ2n) is 6.16. The van der Waals surface area contributed by atoms with Crippen molar-refractivity contribution in [1.82, 2.24) is 4.90 Å². The Morgan fingerprint density at radius 1 is 1.16 bits per heavy atom. The zero-order valence-electron chi connectivity index (χ0n) is 15.2. The molecule has 1 amide bonds. The monoisotopic (exact) mass is 370 g/mol. The highest BCUT2D eigenvalue weighted by Crippen LogP contribution is 2.35. The maximum absolute atomic E-state index is 12.9. The molecule has 0 bridgehead atoms. The Morgan fingerprint density at radius 3 is 2.32 bits per heavy atom. The number of sulfonamides is 1. The van der Waals surface area contributed by atoms with Crippen LogP contribution < -0.4 is 13.8 Å². The number of nitrogens with zero attached hydrogens (tertiary/aromatic N) is 2. The van der Waals surface area contributed by atoms with Crippen molar-refractivity contribution in [3.63, 3.8) is 0 Å². The molecule has 0 saturated carbocycles. The second kappa shape index (κ2) is 7.95. The standard InChI is InChI=1S/C17H26N2O5S/c1-13(17(20)18-10-6-5-7-11-18)19(25(4,21)22)15-12-14(23-2)8-9-16(15)24-3/h8-9,12-13H,5-7,10-11H2,1-4H3/t13-/m0/s1. The van der Waals surface area contributed by atoms with Crippen LogP contribution in [0.15, 0.2) is 18.2 Å². The van der Waals surface area contributed by atoms with E-state index in [1.807, 2.05) is 0 Å². The van der Waals surface area contributed by atoms with E-state index < -0.39 is 16.1 Å². The van der Waals surface area contributed by atoms with Gasteiger partial charge in [-0.15, -0.1) is 0 Å². The molecular weight excluding hydrogens is 344 g/mol. The van der Waals surface area contributed by atoms with E-state index in [4.69, 9.17) is 9.47 Å². The van der Waals surface area contributed by atoms with Crippen LogP contribution in [0.25, 0.3) is 0 Å². The molecule has 0 spiro atoms. The van der Waals surface area contributed by atoms with E-state index in [0.29, 0.717) is 30.3 Å². The molecule has 1 atom stereocenters. The fourth-order valence-electron chi connectivity index (χ4n) is 3.12. The van der Waals surface area contributed by atoms with Crippen LogP contribution in [0.3, 0.4) is 0 Å². The first-order chi connectivity index (χ1) is 11.8. The predicted molar refractivity (Wildman–Crippen MR) is 96.8 cm³/mol. The van der Waals surface area contributed by atoms with Gasteiger partial charge in [-0.2, -0.15) is 0 Å². The van der Waals surface area contributed by atoms with Crippen molar-refractivity contribution in [2.75, 3.05) is 37.9 Å². The number of ether oxygens (including phenoxy) is 2. The third-order valence-electron chi connectivity index (χ3n) is 4.36. The first-order valence-corrected chi connectivity index (χ1v) is 10.1. The van der Waals surface area contributed by atoms with Gasteiger partial charge in [-0.1, -0.05) is 0 Å². The van der Waals surface area contributed by atoms with E-state index in [2.05, 4.69) is 0 Å². The van der Waals surface area contributed by atoms with Crippen molar-refractivity contribution in [1.29, 1.82) is 0 Å². The second-order valence-corrected chi connectivity index (χ2v) is 8.02. The van der Waals surface area contributed by atoms with E-state index in [0.717, 1.165) is 29.8 Å². The highest BCUT2D eigenvalue weighted by molar-refractivity contribution is 7.92. The van der Waals surface area contributed by atoms with Crippen LogP contribution in [0.5, 0.6) is 11.5 Å². The summed E-state index contributed by atoms with van der Waals surface area (Å²) in [5.74, 6) is 0.654. The average molecular weight is 370 g/mol. The molecule has 1 saturated heterocycles. The van der Waals surface area contributed by atoms with E-state index in [1.54, 1.807) is 30.0 Å². The Hall–Kier alpha value is -1.96. The van der Waals surface area contributed by atoms with Crippen molar-refractivity contribution in [3.8, 4) is 11.5 Å². The molecule has 1 aromatic rings. The molecule has 1 aliphatic heterocycles. The summed E-state index contributed by atoms with van der Waals surface area (Å²) in [7, 11) is -0.748. The van der Waals surface area contributed by atoms with Gasteiger partial charge in [0, 0.05) is 19.2 Å². The van der Waals surface area contributed by atoms with Gasteiger partial charge in [0.05, 0.1) is 26.2 Å². The predicted octanol–water partition coefficient (Wildman–Crippen LogP) is 1.87. The topological polar surface area (TPSA) is 76.2 Å². The van der Waals surface area contributed by atoms with Gasteiger partial charge in [-0.25, -0.2) is 8.42 Å². The molecular formula is C17H26N2O5S. The number of carbonyl (C=O) groups is 1. The zero-order valence-corrected chi connectivity index (χ0v) is 16.0. The maximum Gasteiger partial charge on any atom is 0.246 e. The molecule has 1 heterocycles. The average Bonchev–Trinajstić information content (AvgIpc) is 2.60. The maximum atomic E-state index is 12.9. The molecule has 1 aliphatic rings. The van der Waals surface area contributed by atoms with E-state index >= 15 is 0 Å². The Morgan fingerprint density at radius 2 is 1.80 bits per heavy atom. The number of hydrogen-bond donors (Lipinski definition) is 0. The summed E-state index contributed by atoms with van der Waals surface area (Å²) in [6.07, 6.45) is 4.07. The number of likely N-dealkylation sites (tertiary alicyclic amines) is 1. The summed E-state index contributed by atoms with van der Waals surface area (Å²) in [4.78, 5) is 14.6. The summed E-state index contributed by atoms with van der Waals surface area (Å²) < 4.78 is 36.6. The van der Waals surface area contributed by atoms with Gasteiger partial charge < -0.3 is 14.4 Å². The molecule has 0 unspecified atom stereocenters. The quantitative estimate of drug-likeness (QED) is 0.764. The molecule has 7 nitrogen and oxygen atoms in total. The number of hydrogen-bond acceptors (Lipinski definition) is 5. The molecule has 1 fully saturated rings.